The van der Waals surface area contributed by atoms with Crippen molar-refractivity contribution in [2.24, 2.45) is 0 Å². The molecule has 0 saturated carbocycles. The average Bonchev–Trinajstić information content (AvgIpc) is 2.94. The Kier molecular flexibility index (Phi) is 2.53. The highest BCUT2D eigenvalue weighted by atomic mass is 35.5. The van der Waals surface area contributed by atoms with Gasteiger partial charge in [0.15, 0.2) is 0 Å². The van der Waals surface area contributed by atoms with Gasteiger partial charge in [-0.25, -0.2) is 9.67 Å². The Morgan fingerprint density at radius 2 is 2.12 bits per heavy atom. The summed E-state index contributed by atoms with van der Waals surface area (Å²) >= 11 is 5.67. The van der Waals surface area contributed by atoms with Gasteiger partial charge in [0.25, 0.3) is 0 Å². The lowest BCUT2D eigenvalue weighted by Gasteiger charge is -1.93. The van der Waals surface area contributed by atoms with Crippen molar-refractivity contribution in [2.45, 2.75) is 12.4 Å². The van der Waals surface area contributed by atoms with Crippen molar-refractivity contribution in [1.29, 1.82) is 0 Å². The normalized spacial score (nSPS) is 11.1. The molecule has 0 spiro atoms. The molecule has 3 aromatic rings. The van der Waals surface area contributed by atoms with Crippen LogP contribution in [0, 0.1) is 0 Å². The van der Waals surface area contributed by atoms with Gasteiger partial charge in [0.05, 0.1) is 30.0 Å². The van der Waals surface area contributed by atoms with Crippen LogP contribution in [-0.4, -0.2) is 24.4 Å². The quantitative estimate of drug-likeness (QED) is 0.662. The molecule has 3 rings (SSSR count). The maximum Gasteiger partial charge on any atom is 0.137 e. The van der Waals surface area contributed by atoms with Gasteiger partial charge < -0.3 is 4.40 Å². The first-order valence-electron chi connectivity index (χ1n) is 5.23. The summed E-state index contributed by atoms with van der Waals surface area (Å²) in [6.07, 6.45) is 5.78. The molecular formula is C11H10ClN5. The van der Waals surface area contributed by atoms with Gasteiger partial charge in [-0.1, -0.05) is 11.3 Å². The lowest BCUT2D eigenvalue weighted by Crippen LogP contribution is -2.00. The van der Waals surface area contributed by atoms with E-state index in [0.717, 1.165) is 17.0 Å². The average molecular weight is 248 g/mol. The van der Waals surface area contributed by atoms with Crippen LogP contribution >= 0.6 is 11.6 Å². The Labute approximate surface area is 103 Å². The van der Waals surface area contributed by atoms with Crippen LogP contribution in [-0.2, 0) is 12.4 Å². The fraction of sp³-hybridized carbons (Fsp3) is 0.182. The van der Waals surface area contributed by atoms with Crippen LogP contribution in [0.25, 0.3) is 5.65 Å². The first kappa shape index (κ1) is 10.3. The molecule has 3 heterocycles. The highest BCUT2D eigenvalue weighted by molar-refractivity contribution is 6.16. The van der Waals surface area contributed by atoms with Gasteiger partial charge in [-0.05, 0) is 12.1 Å². The van der Waals surface area contributed by atoms with Crippen molar-refractivity contribution >= 4 is 17.2 Å². The van der Waals surface area contributed by atoms with Gasteiger partial charge in [-0.3, -0.25) is 0 Å². The van der Waals surface area contributed by atoms with Crippen molar-refractivity contribution < 1.29 is 0 Å². The van der Waals surface area contributed by atoms with Gasteiger partial charge >= 0.3 is 0 Å². The van der Waals surface area contributed by atoms with Crippen LogP contribution in [0.15, 0.2) is 36.8 Å². The summed E-state index contributed by atoms with van der Waals surface area (Å²) in [6, 6.07) is 5.90. The fourth-order valence-electron chi connectivity index (χ4n) is 1.71. The Bertz CT molecular complexity index is 609. The standard InChI is InChI=1S/C11H10ClN5/c12-5-9-7-17(15-14-9)8-10-6-16-4-2-1-3-11(16)13-10/h1-4,6-7H,5,8H2. The molecule has 5 nitrogen and oxygen atoms in total. The predicted molar refractivity (Wildman–Crippen MR) is 63.9 cm³/mol. The van der Waals surface area contributed by atoms with Crippen LogP contribution < -0.4 is 0 Å². The number of rotatable bonds is 3. The highest BCUT2D eigenvalue weighted by Crippen LogP contribution is 2.06. The molecule has 0 aliphatic heterocycles. The number of alkyl halides is 1. The largest absolute Gasteiger partial charge is 0.307 e. The van der Waals surface area contributed by atoms with Gasteiger partial charge in [-0.15, -0.1) is 16.7 Å². The molecule has 0 fully saturated rings. The molecule has 0 saturated heterocycles. The number of aromatic nitrogens is 5. The summed E-state index contributed by atoms with van der Waals surface area (Å²) in [4.78, 5) is 4.48. The SMILES string of the molecule is ClCc1cn(Cc2cn3ccccc3n2)nn1. The van der Waals surface area contributed by atoms with Gasteiger partial charge in [0, 0.05) is 12.4 Å². The summed E-state index contributed by atoms with van der Waals surface area (Å²) in [7, 11) is 0. The van der Waals surface area contributed by atoms with E-state index >= 15 is 0 Å². The van der Waals surface area contributed by atoms with E-state index in [9.17, 15) is 0 Å². The first-order chi connectivity index (χ1) is 8.35. The second kappa shape index (κ2) is 4.18. The molecule has 0 radical (unpaired) electrons. The summed E-state index contributed by atoms with van der Waals surface area (Å²) in [5, 5.41) is 7.92. The minimum absolute atomic E-state index is 0.380. The number of pyridine rings is 1. The number of hydrogen-bond acceptors (Lipinski definition) is 3. The molecule has 17 heavy (non-hydrogen) atoms. The molecule has 0 N–H and O–H groups in total. The van der Waals surface area contributed by atoms with Crippen LogP contribution in [0.1, 0.15) is 11.4 Å². The lowest BCUT2D eigenvalue weighted by molar-refractivity contribution is 0.641. The number of halogens is 1. The monoisotopic (exact) mass is 247 g/mol. The van der Waals surface area contributed by atoms with E-state index in [1.165, 1.54) is 0 Å². The third-order valence-corrected chi connectivity index (χ3v) is 2.73. The summed E-state index contributed by atoms with van der Waals surface area (Å²) < 4.78 is 3.72. The Hall–Kier alpha value is -1.88. The first-order valence-corrected chi connectivity index (χ1v) is 5.76. The minimum Gasteiger partial charge on any atom is -0.307 e. The Morgan fingerprint density at radius 1 is 1.18 bits per heavy atom. The van der Waals surface area contributed by atoms with E-state index in [-0.39, 0.29) is 0 Å². The lowest BCUT2D eigenvalue weighted by atomic mass is 10.4. The third-order valence-electron chi connectivity index (χ3n) is 2.46. The van der Waals surface area contributed by atoms with Crippen molar-refractivity contribution in [3.63, 3.8) is 0 Å². The van der Waals surface area contributed by atoms with Gasteiger partial charge in [0.2, 0.25) is 0 Å². The maximum absolute atomic E-state index is 5.67. The zero-order valence-corrected chi connectivity index (χ0v) is 9.75. The number of nitrogens with zero attached hydrogens (tertiary/aromatic N) is 5. The maximum atomic E-state index is 5.67. The topological polar surface area (TPSA) is 48.0 Å². The van der Waals surface area contributed by atoms with Gasteiger partial charge in [-0.2, -0.15) is 0 Å². The molecule has 0 aliphatic carbocycles. The predicted octanol–water partition coefficient (Wildman–Crippen LogP) is 1.71. The molecule has 0 unspecified atom stereocenters. The smallest absolute Gasteiger partial charge is 0.137 e. The van der Waals surface area contributed by atoms with Crippen LogP contribution in [0.5, 0.6) is 0 Å². The van der Waals surface area contributed by atoms with Crippen molar-refractivity contribution in [1.82, 2.24) is 24.4 Å². The van der Waals surface area contributed by atoms with E-state index in [4.69, 9.17) is 11.6 Å². The number of fused-ring (bicyclic) bond motifs is 1. The van der Waals surface area contributed by atoms with E-state index in [1.807, 2.05) is 41.2 Å². The van der Waals surface area contributed by atoms with Gasteiger partial charge in [0.1, 0.15) is 5.65 Å². The molecule has 0 bridgehead atoms. The Morgan fingerprint density at radius 3 is 2.88 bits per heavy atom. The molecule has 0 amide bonds. The fourth-order valence-corrected chi connectivity index (χ4v) is 1.83. The second-order valence-electron chi connectivity index (χ2n) is 3.74. The molecule has 0 aliphatic rings. The molecule has 3 aromatic heterocycles. The van der Waals surface area contributed by atoms with E-state index in [1.54, 1.807) is 4.68 Å². The summed E-state index contributed by atoms with van der Waals surface area (Å²) in [6.45, 7) is 0.603. The third kappa shape index (κ3) is 2.01. The highest BCUT2D eigenvalue weighted by Gasteiger charge is 2.04. The molecule has 6 heteroatoms. The van der Waals surface area contributed by atoms with Crippen LogP contribution in [0.2, 0.25) is 0 Å². The van der Waals surface area contributed by atoms with E-state index < -0.39 is 0 Å². The van der Waals surface area contributed by atoms with Crippen LogP contribution in [0.4, 0.5) is 0 Å². The Balaban J connectivity index is 1.89. The molecular weight excluding hydrogens is 238 g/mol. The molecule has 0 atom stereocenters. The van der Waals surface area contributed by atoms with E-state index in [2.05, 4.69) is 15.3 Å². The van der Waals surface area contributed by atoms with Crippen molar-refractivity contribution in [3.05, 3.63) is 48.2 Å². The van der Waals surface area contributed by atoms with Crippen LogP contribution in [0.3, 0.4) is 0 Å². The summed E-state index contributed by atoms with van der Waals surface area (Å²) in [5.74, 6) is 0.380. The molecule has 0 aromatic carbocycles. The zero-order valence-electron chi connectivity index (χ0n) is 8.99. The summed E-state index contributed by atoms with van der Waals surface area (Å²) in [5.41, 5.74) is 2.65. The number of imidazole rings is 1. The zero-order chi connectivity index (χ0) is 11.7. The van der Waals surface area contributed by atoms with E-state index in [0.29, 0.717) is 12.4 Å². The van der Waals surface area contributed by atoms with Crippen molar-refractivity contribution in [3.8, 4) is 0 Å². The number of hydrogen-bond donors (Lipinski definition) is 0. The second-order valence-corrected chi connectivity index (χ2v) is 4.01. The minimum atomic E-state index is 0.380. The molecule has 86 valence electrons. The van der Waals surface area contributed by atoms with Crippen molar-refractivity contribution in [2.75, 3.05) is 0 Å².